The predicted octanol–water partition coefficient (Wildman–Crippen LogP) is 6.97. The molecule has 0 aliphatic rings. The maximum absolute atomic E-state index is 5.61. The van der Waals surface area contributed by atoms with Gasteiger partial charge in [-0.1, -0.05) is 77.3 Å². The summed E-state index contributed by atoms with van der Waals surface area (Å²) in [6.07, 6.45) is 0. The van der Waals surface area contributed by atoms with Crippen molar-refractivity contribution in [2.24, 2.45) is 0 Å². The largest absolute Gasteiger partial charge is 0.355 e. The van der Waals surface area contributed by atoms with Crippen LogP contribution in [-0.4, -0.2) is 4.98 Å². The van der Waals surface area contributed by atoms with Crippen molar-refractivity contribution in [3.8, 4) is 0 Å². The SMILES string of the molecule is Clc1cccc(Cl)c1Cl.c1ccc2c(c1)[nH]c1ccccc12. The number of nitrogens with one attached hydrogen (secondary N) is 1. The third-order valence-corrected chi connectivity index (χ3v) is 4.55. The number of aromatic nitrogens is 1. The Labute approximate surface area is 143 Å². The molecule has 0 fully saturated rings. The van der Waals surface area contributed by atoms with Crippen molar-refractivity contribution < 1.29 is 0 Å². The average molecular weight is 349 g/mol. The third kappa shape index (κ3) is 3.07. The summed E-state index contributed by atoms with van der Waals surface area (Å²) in [6, 6.07) is 21.9. The molecule has 0 aliphatic heterocycles. The molecular formula is C18H12Cl3N. The van der Waals surface area contributed by atoms with E-state index in [1.54, 1.807) is 18.2 Å². The fourth-order valence-electron chi connectivity index (χ4n) is 2.28. The monoisotopic (exact) mass is 347 g/mol. The molecule has 0 saturated carbocycles. The molecule has 4 aromatic rings. The van der Waals surface area contributed by atoms with Crippen LogP contribution in [0.2, 0.25) is 15.1 Å². The van der Waals surface area contributed by atoms with Crippen molar-refractivity contribution in [1.29, 1.82) is 0 Å². The highest BCUT2D eigenvalue weighted by Gasteiger charge is 2.00. The second kappa shape index (κ2) is 6.62. The number of benzene rings is 3. The van der Waals surface area contributed by atoms with Gasteiger partial charge in [-0.15, -0.1) is 0 Å². The Hall–Kier alpha value is -1.67. The topological polar surface area (TPSA) is 15.8 Å². The van der Waals surface area contributed by atoms with Gasteiger partial charge in [0, 0.05) is 21.8 Å². The van der Waals surface area contributed by atoms with Gasteiger partial charge in [0.15, 0.2) is 0 Å². The Morgan fingerprint density at radius 3 is 1.45 bits per heavy atom. The fourth-order valence-corrected chi connectivity index (χ4v) is 2.80. The molecule has 1 nitrogen and oxygen atoms in total. The van der Waals surface area contributed by atoms with E-state index >= 15 is 0 Å². The van der Waals surface area contributed by atoms with Gasteiger partial charge >= 0.3 is 0 Å². The molecule has 3 aromatic carbocycles. The molecule has 22 heavy (non-hydrogen) atoms. The number of aromatic amines is 1. The van der Waals surface area contributed by atoms with Crippen LogP contribution in [0.3, 0.4) is 0 Å². The normalized spacial score (nSPS) is 10.5. The van der Waals surface area contributed by atoms with Gasteiger partial charge in [0.25, 0.3) is 0 Å². The van der Waals surface area contributed by atoms with E-state index in [2.05, 4.69) is 53.5 Å². The van der Waals surface area contributed by atoms with Crippen LogP contribution in [0.25, 0.3) is 21.8 Å². The molecule has 0 amide bonds. The van der Waals surface area contributed by atoms with Crippen LogP contribution in [0.15, 0.2) is 66.7 Å². The lowest BCUT2D eigenvalue weighted by atomic mass is 10.2. The minimum atomic E-state index is 0.417. The molecule has 4 rings (SSSR count). The van der Waals surface area contributed by atoms with E-state index in [0.29, 0.717) is 15.1 Å². The van der Waals surface area contributed by atoms with E-state index < -0.39 is 0 Å². The molecule has 0 spiro atoms. The Morgan fingerprint density at radius 1 is 0.545 bits per heavy atom. The molecule has 1 aromatic heterocycles. The summed E-state index contributed by atoms with van der Waals surface area (Å²) in [4.78, 5) is 3.38. The molecule has 1 N–H and O–H groups in total. The number of rotatable bonds is 0. The van der Waals surface area contributed by atoms with Crippen LogP contribution in [0.5, 0.6) is 0 Å². The highest BCUT2D eigenvalue weighted by Crippen LogP contribution is 2.28. The lowest BCUT2D eigenvalue weighted by molar-refractivity contribution is 1.55. The number of hydrogen-bond acceptors (Lipinski definition) is 0. The van der Waals surface area contributed by atoms with Gasteiger partial charge in [0.05, 0.1) is 15.1 Å². The van der Waals surface area contributed by atoms with Crippen molar-refractivity contribution in [3.63, 3.8) is 0 Å². The van der Waals surface area contributed by atoms with Crippen LogP contribution in [0.4, 0.5) is 0 Å². The number of hydrogen-bond donors (Lipinski definition) is 1. The zero-order valence-corrected chi connectivity index (χ0v) is 13.8. The van der Waals surface area contributed by atoms with Crippen LogP contribution in [0, 0.1) is 0 Å². The summed E-state index contributed by atoms with van der Waals surface area (Å²) in [5, 5.41) is 4.00. The number of H-pyrrole nitrogens is 1. The molecule has 4 heteroatoms. The van der Waals surface area contributed by atoms with Gasteiger partial charge in [-0.2, -0.15) is 0 Å². The summed E-state index contributed by atoms with van der Waals surface area (Å²) in [5.41, 5.74) is 2.42. The minimum absolute atomic E-state index is 0.417. The lowest BCUT2D eigenvalue weighted by Crippen LogP contribution is -1.67. The van der Waals surface area contributed by atoms with Crippen LogP contribution >= 0.6 is 34.8 Å². The Morgan fingerprint density at radius 2 is 1.00 bits per heavy atom. The molecular weight excluding hydrogens is 337 g/mol. The third-order valence-electron chi connectivity index (χ3n) is 3.32. The molecule has 0 saturated heterocycles. The fraction of sp³-hybridized carbons (Fsp3) is 0. The van der Waals surface area contributed by atoms with Crippen molar-refractivity contribution >= 4 is 56.6 Å². The molecule has 0 bridgehead atoms. The Bertz CT molecular complexity index is 857. The van der Waals surface area contributed by atoms with Gasteiger partial charge in [0.2, 0.25) is 0 Å². The molecule has 0 radical (unpaired) electrons. The number of para-hydroxylation sites is 2. The zero-order chi connectivity index (χ0) is 15.5. The van der Waals surface area contributed by atoms with Crippen LogP contribution in [0.1, 0.15) is 0 Å². The predicted molar refractivity (Wildman–Crippen MR) is 97.3 cm³/mol. The zero-order valence-electron chi connectivity index (χ0n) is 11.5. The second-order valence-corrected chi connectivity index (χ2v) is 5.94. The summed E-state index contributed by atoms with van der Waals surface area (Å²) in [5.74, 6) is 0. The first-order valence-corrected chi connectivity index (χ1v) is 7.85. The molecule has 1 heterocycles. The first-order valence-electron chi connectivity index (χ1n) is 6.72. The maximum Gasteiger partial charge on any atom is 0.0778 e. The van der Waals surface area contributed by atoms with E-state index in [9.17, 15) is 0 Å². The maximum atomic E-state index is 5.61. The van der Waals surface area contributed by atoms with Gasteiger partial charge in [-0.25, -0.2) is 0 Å². The minimum Gasteiger partial charge on any atom is -0.355 e. The summed E-state index contributed by atoms with van der Waals surface area (Å²) < 4.78 is 0. The molecule has 0 aliphatic carbocycles. The Kier molecular flexibility index (Phi) is 4.58. The van der Waals surface area contributed by atoms with E-state index in [0.717, 1.165) is 0 Å². The highest BCUT2D eigenvalue weighted by atomic mass is 35.5. The molecule has 0 unspecified atom stereocenters. The van der Waals surface area contributed by atoms with Crippen LogP contribution < -0.4 is 0 Å². The van der Waals surface area contributed by atoms with Crippen molar-refractivity contribution in [3.05, 3.63) is 81.8 Å². The van der Waals surface area contributed by atoms with Crippen molar-refractivity contribution in [2.75, 3.05) is 0 Å². The van der Waals surface area contributed by atoms with Gasteiger partial charge in [0.1, 0.15) is 0 Å². The van der Waals surface area contributed by atoms with Gasteiger partial charge < -0.3 is 4.98 Å². The molecule has 0 atom stereocenters. The standard InChI is InChI=1S/C12H9N.C6H3Cl3/c1-3-7-11-9(5-1)10-6-2-4-8-12(10)13-11;7-4-2-1-3-5(8)6(4)9/h1-8,13H;1-3H. The first-order chi connectivity index (χ1) is 10.7. The summed E-state index contributed by atoms with van der Waals surface area (Å²) in [7, 11) is 0. The molecule has 110 valence electrons. The lowest BCUT2D eigenvalue weighted by Gasteiger charge is -1.94. The van der Waals surface area contributed by atoms with E-state index in [1.807, 2.05) is 0 Å². The highest BCUT2D eigenvalue weighted by molar-refractivity contribution is 6.47. The van der Waals surface area contributed by atoms with Crippen molar-refractivity contribution in [1.82, 2.24) is 4.98 Å². The van der Waals surface area contributed by atoms with E-state index in [-0.39, 0.29) is 0 Å². The number of fused-ring (bicyclic) bond motifs is 3. The second-order valence-electron chi connectivity index (χ2n) is 4.75. The smallest absolute Gasteiger partial charge is 0.0778 e. The van der Waals surface area contributed by atoms with Gasteiger partial charge in [-0.3, -0.25) is 0 Å². The number of halogens is 3. The summed E-state index contributed by atoms with van der Waals surface area (Å²) in [6.45, 7) is 0. The summed E-state index contributed by atoms with van der Waals surface area (Å²) >= 11 is 16.8. The van der Waals surface area contributed by atoms with E-state index in [4.69, 9.17) is 34.8 Å². The van der Waals surface area contributed by atoms with E-state index in [1.165, 1.54) is 21.8 Å². The quantitative estimate of drug-likeness (QED) is 0.330. The van der Waals surface area contributed by atoms with Crippen LogP contribution in [-0.2, 0) is 0 Å². The van der Waals surface area contributed by atoms with Gasteiger partial charge in [-0.05, 0) is 24.3 Å². The van der Waals surface area contributed by atoms with Crippen molar-refractivity contribution in [2.45, 2.75) is 0 Å². The first kappa shape index (κ1) is 15.2. The Balaban J connectivity index is 0.000000142. The average Bonchev–Trinajstić information content (AvgIpc) is 2.92.